The molecule has 2 aliphatic rings. The van der Waals surface area contributed by atoms with Gasteiger partial charge in [-0.1, -0.05) is 24.3 Å². The van der Waals surface area contributed by atoms with Crippen molar-refractivity contribution in [1.29, 1.82) is 0 Å². The highest BCUT2D eigenvalue weighted by Gasteiger charge is 2.54. The van der Waals surface area contributed by atoms with Crippen molar-refractivity contribution in [2.45, 2.75) is 57.2 Å². The predicted octanol–water partition coefficient (Wildman–Crippen LogP) is 7.67. The summed E-state index contributed by atoms with van der Waals surface area (Å²) in [6.45, 7) is 9.10. The second kappa shape index (κ2) is 15.2. The number of halogens is 1. The molecule has 1 amide bonds. The number of phenolic OH excluding ortho intramolecular Hbond substituents is 2. The van der Waals surface area contributed by atoms with Crippen LogP contribution in [-0.4, -0.2) is 65.6 Å². The third-order valence-corrected chi connectivity index (χ3v) is 11.0. The maximum absolute atomic E-state index is 13.7. The van der Waals surface area contributed by atoms with Gasteiger partial charge in [0.05, 0.1) is 11.3 Å². The molecule has 0 aliphatic carbocycles. The van der Waals surface area contributed by atoms with Crippen LogP contribution in [-0.2, 0) is 20.5 Å². The maximum Gasteiger partial charge on any atom is 0.340 e. The number of benzene rings is 4. The molecule has 2 aromatic heterocycles. The van der Waals surface area contributed by atoms with Crippen molar-refractivity contribution < 1.29 is 29.3 Å². The molecule has 1 unspecified atom stereocenters. The van der Waals surface area contributed by atoms with Crippen LogP contribution in [0.1, 0.15) is 72.4 Å². The summed E-state index contributed by atoms with van der Waals surface area (Å²) in [6.07, 6.45) is 2.04. The average Bonchev–Trinajstić information content (AvgIpc) is 3.47. The zero-order valence-electron chi connectivity index (χ0n) is 32.6. The molecule has 300 valence electrons. The molecule has 0 saturated carbocycles. The van der Waals surface area contributed by atoms with E-state index in [0.717, 1.165) is 0 Å². The lowest BCUT2D eigenvalue weighted by atomic mass is 9.73. The van der Waals surface area contributed by atoms with Gasteiger partial charge < -0.3 is 36.1 Å². The molecule has 6 N–H and O–H groups in total. The summed E-state index contributed by atoms with van der Waals surface area (Å²) in [7, 11) is 0. The highest BCUT2D eigenvalue weighted by molar-refractivity contribution is 6.28. The van der Waals surface area contributed by atoms with Crippen LogP contribution >= 0.6 is 11.6 Å². The van der Waals surface area contributed by atoms with Crippen molar-refractivity contribution >= 4 is 46.7 Å². The third-order valence-electron chi connectivity index (χ3n) is 10.8. The number of nitrogens with one attached hydrogen (secondary N) is 2. The van der Waals surface area contributed by atoms with E-state index in [1.165, 1.54) is 24.3 Å². The van der Waals surface area contributed by atoms with Crippen LogP contribution in [0.25, 0.3) is 0 Å². The zero-order valence-corrected chi connectivity index (χ0v) is 33.4. The van der Waals surface area contributed by atoms with E-state index in [0.29, 0.717) is 52.3 Å². The fourth-order valence-electron chi connectivity index (χ4n) is 8.20. The number of esters is 1. The van der Waals surface area contributed by atoms with E-state index in [1.54, 1.807) is 42.6 Å². The minimum absolute atomic E-state index is 0.0392. The highest BCUT2D eigenvalue weighted by Crippen LogP contribution is 2.57. The van der Waals surface area contributed by atoms with Crippen molar-refractivity contribution in [2.24, 2.45) is 5.73 Å². The first kappa shape index (κ1) is 39.1. The molecule has 2 aliphatic heterocycles. The summed E-state index contributed by atoms with van der Waals surface area (Å²) in [4.78, 5) is 47.4. The Morgan fingerprint density at radius 3 is 2.03 bits per heavy atom. The van der Waals surface area contributed by atoms with Crippen LogP contribution in [0.5, 0.6) is 23.0 Å². The van der Waals surface area contributed by atoms with Gasteiger partial charge in [-0.25, -0.2) is 4.79 Å². The number of nitrogens with zero attached hydrogens (tertiary/aromatic N) is 5. The van der Waals surface area contributed by atoms with Crippen LogP contribution in [0.2, 0.25) is 5.28 Å². The van der Waals surface area contributed by atoms with Gasteiger partial charge in [-0.3, -0.25) is 14.7 Å². The summed E-state index contributed by atoms with van der Waals surface area (Å²) >= 11 is 6.42. The van der Waals surface area contributed by atoms with Crippen molar-refractivity contribution in [3.05, 3.63) is 142 Å². The van der Waals surface area contributed by atoms with Crippen LogP contribution in [0, 0.1) is 0 Å². The molecule has 14 nitrogen and oxygen atoms in total. The van der Waals surface area contributed by atoms with Crippen molar-refractivity contribution in [3.63, 3.8) is 0 Å². The number of rotatable bonds is 12. The summed E-state index contributed by atoms with van der Waals surface area (Å²) in [5.41, 5.74) is 7.64. The number of nitrogens with two attached hydrogens (primary N) is 1. The molecular weight excluding hydrogens is 772 g/mol. The van der Waals surface area contributed by atoms with E-state index in [-0.39, 0.29) is 57.8 Å². The van der Waals surface area contributed by atoms with Crippen LogP contribution in [0.3, 0.4) is 0 Å². The monoisotopic (exact) mass is 812 g/mol. The van der Waals surface area contributed by atoms with Crippen molar-refractivity contribution in [2.75, 3.05) is 17.2 Å². The molecule has 15 heteroatoms. The van der Waals surface area contributed by atoms with Gasteiger partial charge in [-0.05, 0) is 112 Å². The first-order chi connectivity index (χ1) is 28.3. The number of anilines is 4. The Morgan fingerprint density at radius 1 is 0.814 bits per heavy atom. The van der Waals surface area contributed by atoms with E-state index in [4.69, 9.17) is 26.8 Å². The standard InChI is InChI=1S/C44H41ClN8O6/c1-24(2)53(25(3)4)19-17-43(39(46)57,37-10-5-6-18-47-37)26-8-7-9-27(20-26)48-41-50-40(45)51-42(52-41)49-28-11-14-32-31(21-28)38(56)59-44(32)33-15-12-29(54)22-35(33)58-36-23-30(55)13-16-34(36)44/h5-16,18,20-25,54-55H,17,19H2,1-4H3,(H2,46,57)(H2,48,49,50,51,52). The largest absolute Gasteiger partial charge is 0.508 e. The number of phenols is 2. The number of aromatic hydroxyl groups is 2. The summed E-state index contributed by atoms with van der Waals surface area (Å²) < 4.78 is 12.3. The molecule has 0 saturated heterocycles. The number of carbonyl (C=O) groups is 2. The Hall–Kier alpha value is -6.77. The number of hydrogen-bond acceptors (Lipinski definition) is 13. The predicted molar refractivity (Wildman–Crippen MR) is 222 cm³/mol. The van der Waals surface area contributed by atoms with Gasteiger partial charge in [0.25, 0.3) is 0 Å². The molecular formula is C44H41ClN8O6. The van der Waals surface area contributed by atoms with E-state index in [1.807, 2.05) is 36.4 Å². The Morgan fingerprint density at radius 2 is 1.44 bits per heavy atom. The topological polar surface area (TPSA) is 198 Å². The molecule has 59 heavy (non-hydrogen) atoms. The fourth-order valence-corrected chi connectivity index (χ4v) is 8.36. The molecule has 0 radical (unpaired) electrons. The number of amides is 1. The van der Waals surface area contributed by atoms with E-state index in [2.05, 4.69) is 63.2 Å². The first-order valence-electron chi connectivity index (χ1n) is 19.0. The Bertz CT molecular complexity index is 2550. The van der Waals surface area contributed by atoms with Gasteiger partial charge >= 0.3 is 5.97 Å². The number of pyridine rings is 1. The second-order valence-electron chi connectivity index (χ2n) is 15.0. The van der Waals surface area contributed by atoms with Crippen molar-refractivity contribution in [1.82, 2.24) is 24.8 Å². The van der Waals surface area contributed by atoms with Gasteiger partial charge in [0, 0.05) is 65.0 Å². The van der Waals surface area contributed by atoms with Gasteiger partial charge in [0.1, 0.15) is 28.4 Å². The molecule has 0 bridgehead atoms. The SMILES string of the molecule is CC(C)N(CCC(C(N)=O)(c1cccc(Nc2nc(Cl)nc(Nc3ccc4c(c3)C(=O)OC43c4ccc(O)cc4Oc4cc(O)ccc43)n2)c1)c1ccccn1)C(C)C. The lowest BCUT2D eigenvalue weighted by Gasteiger charge is -2.36. The Balaban J connectivity index is 1.10. The van der Waals surface area contributed by atoms with Gasteiger partial charge in [0.2, 0.25) is 23.1 Å². The van der Waals surface area contributed by atoms with Gasteiger partial charge in [0.15, 0.2) is 5.60 Å². The molecule has 1 atom stereocenters. The third kappa shape index (κ3) is 6.99. The summed E-state index contributed by atoms with van der Waals surface area (Å²) in [5, 5.41) is 26.7. The minimum atomic E-state index is -1.41. The highest BCUT2D eigenvalue weighted by atomic mass is 35.5. The first-order valence-corrected chi connectivity index (χ1v) is 19.4. The quantitative estimate of drug-likeness (QED) is 0.0756. The van der Waals surface area contributed by atoms with Crippen LogP contribution in [0.15, 0.2) is 103 Å². The minimum Gasteiger partial charge on any atom is -0.508 e. The number of aromatic nitrogens is 4. The second-order valence-corrected chi connectivity index (χ2v) is 15.4. The Kier molecular flexibility index (Phi) is 10.1. The fraction of sp³-hybridized carbons (Fsp3) is 0.227. The lowest BCUT2D eigenvalue weighted by molar-refractivity contribution is -0.122. The molecule has 4 aromatic carbocycles. The van der Waals surface area contributed by atoms with Crippen LogP contribution in [0.4, 0.5) is 23.3 Å². The Labute approximate surface area is 345 Å². The number of carbonyl (C=O) groups excluding carboxylic acids is 2. The van der Waals surface area contributed by atoms with Gasteiger partial charge in [-0.2, -0.15) is 15.0 Å². The number of hydrogen-bond donors (Lipinski definition) is 5. The summed E-state index contributed by atoms with van der Waals surface area (Å²) in [5.74, 6) is -0.457. The van der Waals surface area contributed by atoms with Gasteiger partial charge in [-0.15, -0.1) is 0 Å². The number of fused-ring (bicyclic) bond motifs is 6. The molecule has 1 spiro atoms. The molecule has 8 rings (SSSR count). The number of primary amides is 1. The molecule has 4 heterocycles. The van der Waals surface area contributed by atoms with Crippen LogP contribution < -0.4 is 21.1 Å². The lowest BCUT2D eigenvalue weighted by Crippen LogP contribution is -2.47. The molecule has 6 aromatic rings. The smallest absolute Gasteiger partial charge is 0.340 e. The van der Waals surface area contributed by atoms with Crippen molar-refractivity contribution in [3.8, 4) is 23.0 Å². The van der Waals surface area contributed by atoms with E-state index in [9.17, 15) is 19.8 Å². The average molecular weight is 813 g/mol. The van der Waals surface area contributed by atoms with E-state index >= 15 is 0 Å². The number of ether oxygens (including phenoxy) is 2. The molecule has 0 fully saturated rings. The summed E-state index contributed by atoms with van der Waals surface area (Å²) in [6, 6.07) is 27.5. The normalized spacial score (nSPS) is 14.6. The van der Waals surface area contributed by atoms with E-state index < -0.39 is 22.9 Å². The zero-order chi connectivity index (χ0) is 41.6. The maximum atomic E-state index is 13.7.